The number of nitrogens with zero attached hydrogens (tertiary/aromatic N) is 4. The number of pyridine rings is 1. The molecule has 1 N–H and O–H groups in total. The van der Waals surface area contributed by atoms with E-state index in [1.807, 2.05) is 31.7 Å². The molecule has 43 heavy (non-hydrogen) atoms. The van der Waals surface area contributed by atoms with Crippen molar-refractivity contribution in [1.82, 2.24) is 19.4 Å². The van der Waals surface area contributed by atoms with Crippen molar-refractivity contribution >= 4 is 35.1 Å². The maximum Gasteiger partial charge on any atom is 0.407 e. The Balaban J connectivity index is 1.46. The molecule has 226 valence electrons. The number of carbonyl (C=O) groups is 1. The number of methoxy groups -OCH3 is 1. The number of benzene rings is 2. The summed E-state index contributed by atoms with van der Waals surface area (Å²) in [6.45, 7) is 6.58. The third-order valence-corrected chi connectivity index (χ3v) is 7.54. The van der Waals surface area contributed by atoms with Gasteiger partial charge in [-0.3, -0.25) is 4.57 Å². The third-order valence-electron chi connectivity index (χ3n) is 7.05. The summed E-state index contributed by atoms with van der Waals surface area (Å²) in [5.41, 5.74) is 1.83. The van der Waals surface area contributed by atoms with Gasteiger partial charge in [-0.1, -0.05) is 29.3 Å². The number of nitrogens with one attached hydrogen (secondary N) is 1. The number of rotatable bonds is 6. The molecule has 12 heteroatoms. The first kappa shape index (κ1) is 30.4. The van der Waals surface area contributed by atoms with Crippen LogP contribution in [0.5, 0.6) is 5.75 Å². The molecule has 0 bridgehead atoms. The molecule has 0 saturated carbocycles. The van der Waals surface area contributed by atoms with Gasteiger partial charge in [0.05, 0.1) is 23.9 Å². The van der Waals surface area contributed by atoms with Crippen molar-refractivity contribution in [1.29, 1.82) is 0 Å². The van der Waals surface area contributed by atoms with Crippen molar-refractivity contribution in [3.8, 4) is 33.7 Å². The molecule has 0 aliphatic carbocycles. The van der Waals surface area contributed by atoms with Crippen LogP contribution in [-0.4, -0.2) is 52.1 Å². The second-order valence-electron chi connectivity index (χ2n) is 11.4. The number of carbonyl (C=O) groups excluding carboxylic acids is 1. The number of alkyl carbamates (subject to hydrolysis) is 1. The molecule has 1 atom stereocenters. The van der Waals surface area contributed by atoms with Crippen LogP contribution in [0.25, 0.3) is 27.9 Å². The fraction of sp³-hybridized carbons (Fsp3) is 0.323. The highest BCUT2D eigenvalue weighted by molar-refractivity contribution is 6.32. The number of aromatic nitrogens is 3. The van der Waals surface area contributed by atoms with Gasteiger partial charge in [0.15, 0.2) is 0 Å². The quantitative estimate of drug-likeness (QED) is 0.247. The lowest BCUT2D eigenvalue weighted by molar-refractivity contribution is 0.0509. The Kier molecular flexibility index (Phi) is 8.45. The first-order valence-corrected chi connectivity index (χ1v) is 14.4. The average molecular weight is 629 g/mol. The minimum atomic E-state index is -0.594. The van der Waals surface area contributed by atoms with Crippen molar-refractivity contribution in [3.05, 3.63) is 81.3 Å². The van der Waals surface area contributed by atoms with Crippen LogP contribution >= 0.6 is 23.2 Å². The molecule has 3 heterocycles. The maximum absolute atomic E-state index is 15.2. The van der Waals surface area contributed by atoms with E-state index in [9.17, 15) is 9.59 Å². The molecule has 4 aromatic rings. The molecule has 1 amide bonds. The van der Waals surface area contributed by atoms with Crippen LogP contribution in [0.3, 0.4) is 0 Å². The van der Waals surface area contributed by atoms with Gasteiger partial charge in [0.1, 0.15) is 28.1 Å². The third kappa shape index (κ3) is 6.65. The van der Waals surface area contributed by atoms with Gasteiger partial charge >= 0.3 is 11.8 Å². The predicted octanol–water partition coefficient (Wildman–Crippen LogP) is 6.46. The molecule has 0 spiro atoms. The van der Waals surface area contributed by atoms with Gasteiger partial charge in [0.25, 0.3) is 0 Å². The van der Waals surface area contributed by atoms with Crippen molar-refractivity contribution in [2.24, 2.45) is 7.05 Å². The summed E-state index contributed by atoms with van der Waals surface area (Å²) in [7, 11) is 3.16. The van der Waals surface area contributed by atoms with Crippen LogP contribution in [0, 0.1) is 5.82 Å². The van der Waals surface area contributed by atoms with Gasteiger partial charge < -0.3 is 24.3 Å². The Labute approximate surface area is 258 Å². The van der Waals surface area contributed by atoms with Gasteiger partial charge in [0.2, 0.25) is 0 Å². The molecule has 1 fully saturated rings. The molecule has 2 aromatic carbocycles. The number of ether oxygens (including phenoxy) is 2. The Morgan fingerprint density at radius 3 is 2.42 bits per heavy atom. The zero-order valence-electron chi connectivity index (χ0n) is 24.5. The Hall–Kier alpha value is -4.02. The van der Waals surface area contributed by atoms with E-state index in [1.165, 1.54) is 28.4 Å². The largest absolute Gasteiger partial charge is 0.495 e. The Morgan fingerprint density at radius 1 is 1.07 bits per heavy atom. The second-order valence-corrected chi connectivity index (χ2v) is 12.2. The summed E-state index contributed by atoms with van der Waals surface area (Å²) in [6, 6.07) is 11.2. The van der Waals surface area contributed by atoms with Crippen LogP contribution in [0.4, 0.5) is 15.0 Å². The highest BCUT2D eigenvalue weighted by Crippen LogP contribution is 2.42. The van der Waals surface area contributed by atoms with E-state index in [4.69, 9.17) is 32.7 Å². The molecule has 2 aromatic heterocycles. The summed E-state index contributed by atoms with van der Waals surface area (Å²) in [5.74, 6) is 0.522. The number of anilines is 1. The number of amides is 1. The summed E-state index contributed by atoms with van der Waals surface area (Å²) in [5, 5.41) is 3.45. The van der Waals surface area contributed by atoms with E-state index >= 15 is 4.39 Å². The average Bonchev–Trinajstić information content (AvgIpc) is 3.53. The lowest BCUT2D eigenvalue weighted by atomic mass is 9.97. The van der Waals surface area contributed by atoms with Crippen molar-refractivity contribution in [2.45, 2.75) is 38.8 Å². The van der Waals surface area contributed by atoms with Gasteiger partial charge in [-0.2, -0.15) is 0 Å². The standard InChI is InChI=1S/C31H32Cl2FN5O4/c1-31(2,3)43-29(40)35-21-8-9-38(17-21)27-14-19(13-26(33)36-27)23-16-20(34)15-22(28(23)42-5)18-6-7-25(24(32)12-18)39-11-10-37(4)30(39)41/h6-7,10-16,21H,8-9,17H2,1-5H3,(H,35,40)/t21-/m0/s1. The van der Waals surface area contributed by atoms with Gasteiger partial charge in [0, 0.05) is 43.7 Å². The predicted molar refractivity (Wildman–Crippen MR) is 166 cm³/mol. The summed E-state index contributed by atoms with van der Waals surface area (Å²) in [4.78, 5) is 31.2. The van der Waals surface area contributed by atoms with Crippen LogP contribution < -0.4 is 20.6 Å². The Bertz CT molecular complexity index is 1750. The van der Waals surface area contributed by atoms with E-state index in [2.05, 4.69) is 10.3 Å². The van der Waals surface area contributed by atoms with Crippen LogP contribution in [0.15, 0.2) is 59.7 Å². The van der Waals surface area contributed by atoms with E-state index < -0.39 is 17.5 Å². The lowest BCUT2D eigenvalue weighted by Gasteiger charge is -2.22. The molecule has 9 nitrogen and oxygen atoms in total. The van der Waals surface area contributed by atoms with Crippen molar-refractivity contribution in [2.75, 3.05) is 25.1 Å². The highest BCUT2D eigenvalue weighted by Gasteiger charge is 2.28. The molecule has 0 radical (unpaired) electrons. The van der Waals surface area contributed by atoms with Crippen molar-refractivity contribution in [3.63, 3.8) is 0 Å². The zero-order valence-corrected chi connectivity index (χ0v) is 26.0. The van der Waals surface area contributed by atoms with E-state index in [1.54, 1.807) is 43.7 Å². The normalized spacial score (nSPS) is 15.1. The van der Waals surface area contributed by atoms with Gasteiger partial charge in [-0.15, -0.1) is 0 Å². The topological polar surface area (TPSA) is 90.6 Å². The lowest BCUT2D eigenvalue weighted by Crippen LogP contribution is -2.40. The number of hydrogen-bond acceptors (Lipinski definition) is 6. The molecule has 1 aliphatic heterocycles. The molecular weight excluding hydrogens is 596 g/mol. The maximum atomic E-state index is 15.2. The first-order chi connectivity index (χ1) is 20.3. The smallest absolute Gasteiger partial charge is 0.407 e. The number of halogens is 3. The SMILES string of the molecule is COc1c(-c2cc(Cl)nc(N3CC[C@H](NC(=O)OC(C)(C)C)C3)c2)cc(F)cc1-c1ccc(-n2ccn(C)c2=O)c(Cl)c1. The molecule has 1 saturated heterocycles. The molecule has 1 aliphatic rings. The van der Waals surface area contributed by atoms with E-state index in [-0.39, 0.29) is 16.9 Å². The summed E-state index contributed by atoms with van der Waals surface area (Å²) < 4.78 is 29.2. The summed E-state index contributed by atoms with van der Waals surface area (Å²) in [6.07, 6.45) is 3.50. The Morgan fingerprint density at radius 2 is 1.79 bits per heavy atom. The van der Waals surface area contributed by atoms with Crippen LogP contribution in [0.1, 0.15) is 27.2 Å². The number of aryl methyl sites for hydroxylation is 1. The molecule has 5 rings (SSSR count). The minimum Gasteiger partial charge on any atom is -0.495 e. The van der Waals surface area contributed by atoms with Gasteiger partial charge in [-0.05, 0) is 74.7 Å². The first-order valence-electron chi connectivity index (χ1n) is 13.7. The van der Waals surface area contributed by atoms with Crippen molar-refractivity contribution < 1.29 is 18.7 Å². The minimum absolute atomic E-state index is 0.131. The fourth-order valence-corrected chi connectivity index (χ4v) is 5.60. The van der Waals surface area contributed by atoms with E-state index in [0.717, 1.165) is 0 Å². The molecule has 0 unspecified atom stereocenters. The van der Waals surface area contributed by atoms with E-state index in [0.29, 0.717) is 64.0 Å². The van der Waals surface area contributed by atoms with Crippen LogP contribution in [0.2, 0.25) is 10.2 Å². The molecular formula is C31H32Cl2FN5O4. The highest BCUT2D eigenvalue weighted by atomic mass is 35.5. The second kappa shape index (κ2) is 11.9. The number of imidazole rings is 1. The fourth-order valence-electron chi connectivity index (χ4n) is 5.12. The summed E-state index contributed by atoms with van der Waals surface area (Å²) >= 11 is 13.1. The van der Waals surface area contributed by atoms with Gasteiger partial charge in [-0.25, -0.2) is 19.0 Å². The monoisotopic (exact) mass is 627 g/mol. The number of hydrogen-bond donors (Lipinski definition) is 1. The van der Waals surface area contributed by atoms with Crippen LogP contribution in [-0.2, 0) is 11.8 Å². The zero-order chi connectivity index (χ0) is 31.1.